The number of aliphatic hydroxyl groups is 1. The van der Waals surface area contributed by atoms with E-state index in [9.17, 15) is 5.11 Å². The minimum Gasteiger partial charge on any atom is -0.393 e. The molecule has 2 heteroatoms. The minimum atomic E-state index is -0.201. The zero-order chi connectivity index (χ0) is 10.6. The Bertz CT molecular complexity index is 154. The average Bonchev–Trinajstić information content (AvgIpc) is 2.14. The molecule has 2 atom stereocenters. The molecule has 14 heavy (non-hydrogen) atoms. The van der Waals surface area contributed by atoms with Crippen molar-refractivity contribution >= 4 is 0 Å². The van der Waals surface area contributed by atoms with Gasteiger partial charge in [0.05, 0.1) is 12.2 Å². The van der Waals surface area contributed by atoms with E-state index >= 15 is 0 Å². The van der Waals surface area contributed by atoms with E-state index in [0.29, 0.717) is 6.10 Å². The third-order valence-electron chi connectivity index (χ3n) is 3.04. The van der Waals surface area contributed by atoms with E-state index in [-0.39, 0.29) is 11.5 Å². The van der Waals surface area contributed by atoms with Gasteiger partial charge in [-0.25, -0.2) is 0 Å². The first-order chi connectivity index (χ1) is 6.50. The van der Waals surface area contributed by atoms with Gasteiger partial charge in [0.2, 0.25) is 0 Å². The lowest BCUT2D eigenvalue weighted by atomic mass is 9.85. The smallest absolute Gasteiger partial charge is 0.0589 e. The summed E-state index contributed by atoms with van der Waals surface area (Å²) in [7, 11) is 0. The number of ether oxygens (including phenoxy) is 1. The molecular weight excluding hydrogens is 176 g/mol. The highest BCUT2D eigenvalue weighted by Crippen LogP contribution is 2.25. The van der Waals surface area contributed by atoms with Gasteiger partial charge in [0.1, 0.15) is 0 Å². The van der Waals surface area contributed by atoms with Crippen LogP contribution in [0.2, 0.25) is 0 Å². The minimum absolute atomic E-state index is 0.00860. The summed E-state index contributed by atoms with van der Waals surface area (Å²) in [4.78, 5) is 0. The summed E-state index contributed by atoms with van der Waals surface area (Å²) >= 11 is 0. The van der Waals surface area contributed by atoms with Crippen molar-refractivity contribution in [1.29, 1.82) is 0 Å². The van der Waals surface area contributed by atoms with Crippen LogP contribution in [-0.2, 0) is 4.74 Å². The van der Waals surface area contributed by atoms with E-state index in [1.165, 1.54) is 19.3 Å². The predicted molar refractivity (Wildman–Crippen MR) is 58.3 cm³/mol. The van der Waals surface area contributed by atoms with Crippen LogP contribution in [0.3, 0.4) is 0 Å². The Morgan fingerprint density at radius 1 is 1.36 bits per heavy atom. The quantitative estimate of drug-likeness (QED) is 0.759. The highest BCUT2D eigenvalue weighted by molar-refractivity contribution is 4.75. The molecule has 0 bridgehead atoms. The number of aliphatic hydroxyl groups excluding tert-OH is 1. The van der Waals surface area contributed by atoms with E-state index < -0.39 is 0 Å². The second-order valence-corrected chi connectivity index (χ2v) is 5.45. The SMILES string of the molecule is CC(C)(C)C(O)CCC1CCCCO1. The third-order valence-corrected chi connectivity index (χ3v) is 3.04. The fourth-order valence-corrected chi connectivity index (χ4v) is 1.81. The molecule has 1 fully saturated rings. The molecule has 0 aromatic rings. The summed E-state index contributed by atoms with van der Waals surface area (Å²) in [6.07, 6.45) is 5.76. The van der Waals surface area contributed by atoms with Gasteiger partial charge in [-0.05, 0) is 37.5 Å². The Labute approximate surface area is 87.7 Å². The molecule has 0 aliphatic carbocycles. The van der Waals surface area contributed by atoms with Crippen molar-refractivity contribution < 1.29 is 9.84 Å². The standard InChI is InChI=1S/C12H24O2/c1-12(2,3)11(13)8-7-10-6-4-5-9-14-10/h10-11,13H,4-9H2,1-3H3. The van der Waals surface area contributed by atoms with Crippen LogP contribution in [0, 0.1) is 5.41 Å². The van der Waals surface area contributed by atoms with Crippen LogP contribution in [0.25, 0.3) is 0 Å². The van der Waals surface area contributed by atoms with Crippen LogP contribution < -0.4 is 0 Å². The first-order valence-electron chi connectivity index (χ1n) is 5.80. The van der Waals surface area contributed by atoms with Gasteiger partial charge in [-0.3, -0.25) is 0 Å². The van der Waals surface area contributed by atoms with Gasteiger partial charge in [0, 0.05) is 6.61 Å². The average molecular weight is 200 g/mol. The van der Waals surface area contributed by atoms with Crippen molar-refractivity contribution in [3.8, 4) is 0 Å². The molecule has 2 nitrogen and oxygen atoms in total. The second-order valence-electron chi connectivity index (χ2n) is 5.45. The molecule has 1 aliphatic rings. The van der Waals surface area contributed by atoms with Crippen molar-refractivity contribution in [3.63, 3.8) is 0 Å². The van der Waals surface area contributed by atoms with Crippen LogP contribution >= 0.6 is 0 Å². The maximum atomic E-state index is 9.86. The highest BCUT2D eigenvalue weighted by Gasteiger charge is 2.23. The number of rotatable bonds is 3. The lowest BCUT2D eigenvalue weighted by molar-refractivity contribution is -0.0106. The van der Waals surface area contributed by atoms with Gasteiger partial charge in [-0.2, -0.15) is 0 Å². The molecule has 0 aromatic carbocycles. The normalized spacial score (nSPS) is 26.1. The van der Waals surface area contributed by atoms with E-state index in [1.807, 2.05) is 0 Å². The molecule has 2 unspecified atom stereocenters. The summed E-state index contributed by atoms with van der Waals surface area (Å²) < 4.78 is 5.63. The van der Waals surface area contributed by atoms with E-state index in [4.69, 9.17) is 4.74 Å². The van der Waals surface area contributed by atoms with E-state index in [0.717, 1.165) is 19.4 Å². The maximum Gasteiger partial charge on any atom is 0.0589 e. The van der Waals surface area contributed by atoms with Gasteiger partial charge < -0.3 is 9.84 Å². The molecule has 0 spiro atoms. The summed E-state index contributed by atoms with van der Waals surface area (Å²) in [5.74, 6) is 0. The molecule has 1 aliphatic heterocycles. The highest BCUT2D eigenvalue weighted by atomic mass is 16.5. The molecule has 0 radical (unpaired) electrons. The van der Waals surface area contributed by atoms with Crippen LogP contribution in [0.15, 0.2) is 0 Å². The predicted octanol–water partition coefficient (Wildman–Crippen LogP) is 2.74. The van der Waals surface area contributed by atoms with Crippen LogP contribution in [0.1, 0.15) is 52.9 Å². The van der Waals surface area contributed by atoms with E-state index in [1.54, 1.807) is 0 Å². The maximum absolute atomic E-state index is 9.86. The van der Waals surface area contributed by atoms with Gasteiger partial charge in [0.15, 0.2) is 0 Å². The molecule has 84 valence electrons. The molecule has 1 saturated heterocycles. The van der Waals surface area contributed by atoms with Crippen molar-refractivity contribution in [2.24, 2.45) is 5.41 Å². The number of hydrogen-bond acceptors (Lipinski definition) is 2. The summed E-state index contributed by atoms with van der Waals surface area (Å²) in [5.41, 5.74) is 0.00860. The lowest BCUT2D eigenvalue weighted by Gasteiger charge is -2.28. The molecule has 0 amide bonds. The Balaban J connectivity index is 2.19. The van der Waals surface area contributed by atoms with E-state index in [2.05, 4.69) is 20.8 Å². The van der Waals surface area contributed by atoms with Crippen LogP contribution in [0.5, 0.6) is 0 Å². The number of hydrogen-bond donors (Lipinski definition) is 1. The monoisotopic (exact) mass is 200 g/mol. The largest absolute Gasteiger partial charge is 0.393 e. The fraction of sp³-hybridized carbons (Fsp3) is 1.00. The molecule has 1 N–H and O–H groups in total. The Morgan fingerprint density at radius 2 is 2.07 bits per heavy atom. The van der Waals surface area contributed by atoms with Crippen molar-refractivity contribution in [2.75, 3.05) is 6.61 Å². The Morgan fingerprint density at radius 3 is 2.57 bits per heavy atom. The Kier molecular flexibility index (Phi) is 4.39. The van der Waals surface area contributed by atoms with Crippen molar-refractivity contribution in [2.45, 2.75) is 65.1 Å². The molecule has 1 rings (SSSR count). The van der Waals surface area contributed by atoms with Gasteiger partial charge >= 0.3 is 0 Å². The summed E-state index contributed by atoms with van der Waals surface area (Å²) in [6, 6.07) is 0. The topological polar surface area (TPSA) is 29.5 Å². The molecule has 1 heterocycles. The Hall–Kier alpha value is -0.0800. The molecular formula is C12H24O2. The molecule has 0 aromatic heterocycles. The summed E-state index contributed by atoms with van der Waals surface area (Å²) in [6.45, 7) is 7.16. The first kappa shape index (κ1) is 12.0. The van der Waals surface area contributed by atoms with Crippen LogP contribution in [0.4, 0.5) is 0 Å². The first-order valence-corrected chi connectivity index (χ1v) is 5.80. The zero-order valence-electron chi connectivity index (χ0n) is 9.75. The van der Waals surface area contributed by atoms with Crippen molar-refractivity contribution in [1.82, 2.24) is 0 Å². The second kappa shape index (κ2) is 5.13. The van der Waals surface area contributed by atoms with Crippen molar-refractivity contribution in [3.05, 3.63) is 0 Å². The van der Waals surface area contributed by atoms with Crippen LogP contribution in [-0.4, -0.2) is 23.9 Å². The third kappa shape index (κ3) is 3.97. The lowest BCUT2D eigenvalue weighted by Crippen LogP contribution is -2.28. The zero-order valence-corrected chi connectivity index (χ0v) is 9.75. The van der Waals surface area contributed by atoms with Gasteiger partial charge in [0.25, 0.3) is 0 Å². The molecule has 0 saturated carbocycles. The van der Waals surface area contributed by atoms with Gasteiger partial charge in [-0.15, -0.1) is 0 Å². The van der Waals surface area contributed by atoms with Gasteiger partial charge in [-0.1, -0.05) is 20.8 Å². The fourth-order valence-electron chi connectivity index (χ4n) is 1.81. The summed E-state index contributed by atoms with van der Waals surface area (Å²) in [5, 5.41) is 9.86.